The molecule has 1 aromatic heterocycles. The van der Waals surface area contributed by atoms with E-state index in [0.29, 0.717) is 0 Å². The van der Waals surface area contributed by atoms with Crippen LogP contribution in [-0.4, -0.2) is 16.3 Å². The Kier molecular flexibility index (Phi) is 3.53. The van der Waals surface area contributed by atoms with Crippen molar-refractivity contribution in [1.82, 2.24) is 0 Å². The van der Waals surface area contributed by atoms with Crippen molar-refractivity contribution in [2.75, 3.05) is 0 Å². The van der Waals surface area contributed by atoms with E-state index in [9.17, 15) is 19.1 Å². The maximum atomic E-state index is 12.8. The van der Waals surface area contributed by atoms with Crippen molar-refractivity contribution in [2.24, 2.45) is 0 Å². The van der Waals surface area contributed by atoms with E-state index in [1.165, 1.54) is 19.1 Å². The number of hydrogen-bond donors (Lipinski definition) is 2. The van der Waals surface area contributed by atoms with Crippen LogP contribution in [0.2, 0.25) is 0 Å². The topological polar surface area (TPSA) is 97.0 Å². The Labute approximate surface area is 111 Å². The molecule has 2 aromatic rings. The smallest absolute Gasteiger partial charge is 0.408 e. The number of carbonyl (C=O) groups is 1. The van der Waals surface area contributed by atoms with Crippen LogP contribution < -0.4 is 5.43 Å². The third kappa shape index (κ3) is 2.26. The van der Waals surface area contributed by atoms with Crippen molar-refractivity contribution in [3.8, 4) is 17.1 Å². The average molecular weight is 280 g/mol. The first kappa shape index (κ1) is 13.8. The van der Waals surface area contributed by atoms with Gasteiger partial charge in [-0.25, -0.2) is 9.18 Å². The Morgan fingerprint density at radius 2 is 1.90 bits per heavy atom. The van der Waals surface area contributed by atoms with Crippen LogP contribution >= 0.6 is 0 Å². The van der Waals surface area contributed by atoms with Crippen LogP contribution in [0.1, 0.15) is 16.1 Å². The molecule has 7 heteroatoms. The number of benzene rings is 1. The number of rotatable bonds is 2. The molecule has 0 fully saturated rings. The molecule has 0 amide bonds. The van der Waals surface area contributed by atoms with Crippen LogP contribution in [0.5, 0.6) is 5.75 Å². The molecule has 2 rings (SSSR count). The summed E-state index contributed by atoms with van der Waals surface area (Å²) in [5.74, 6) is -3.38. The fourth-order valence-corrected chi connectivity index (χ4v) is 1.64. The second-order valence-electron chi connectivity index (χ2n) is 3.95. The zero-order valence-electron chi connectivity index (χ0n) is 10.2. The number of carbonyl (C=O) groups excluding carboxylic acids is 1. The van der Waals surface area contributed by atoms with Gasteiger partial charge in [-0.15, -0.1) is 0 Å². The normalized spacial score (nSPS) is 10.3. The van der Waals surface area contributed by atoms with Crippen molar-refractivity contribution in [3.05, 3.63) is 51.6 Å². The molecule has 0 atom stereocenters. The lowest BCUT2D eigenvalue weighted by molar-refractivity contribution is -0.184. The summed E-state index contributed by atoms with van der Waals surface area (Å²) in [6.45, 7) is 1.23. The third-order valence-electron chi connectivity index (χ3n) is 2.69. The first-order valence-corrected chi connectivity index (χ1v) is 5.44. The summed E-state index contributed by atoms with van der Waals surface area (Å²) in [5, 5.41) is 18.1. The van der Waals surface area contributed by atoms with Crippen LogP contribution in [0.25, 0.3) is 11.3 Å². The van der Waals surface area contributed by atoms with Gasteiger partial charge in [0, 0.05) is 5.56 Å². The van der Waals surface area contributed by atoms with Crippen LogP contribution in [0, 0.1) is 12.7 Å². The predicted molar refractivity (Wildman–Crippen MR) is 64.8 cm³/mol. The molecule has 0 saturated heterocycles. The van der Waals surface area contributed by atoms with Gasteiger partial charge in [0.25, 0.3) is 0 Å². The van der Waals surface area contributed by atoms with E-state index in [1.54, 1.807) is 0 Å². The maximum Gasteiger partial charge on any atom is 0.408 e. The first-order valence-electron chi connectivity index (χ1n) is 5.44. The molecule has 2 N–H and O–H groups in total. The van der Waals surface area contributed by atoms with E-state index in [2.05, 4.69) is 4.89 Å². The van der Waals surface area contributed by atoms with Gasteiger partial charge in [0.05, 0.1) is 5.56 Å². The minimum absolute atomic E-state index is 0.188. The molecule has 0 unspecified atom stereocenters. The largest absolute Gasteiger partial charge is 0.502 e. The molecule has 0 saturated carbocycles. The molecule has 0 bridgehead atoms. The van der Waals surface area contributed by atoms with Gasteiger partial charge in [0.1, 0.15) is 5.82 Å². The molecule has 0 radical (unpaired) electrons. The lowest BCUT2D eigenvalue weighted by Gasteiger charge is -2.07. The number of halogens is 1. The van der Waals surface area contributed by atoms with Gasteiger partial charge < -0.3 is 9.52 Å². The zero-order valence-corrected chi connectivity index (χ0v) is 10.2. The Morgan fingerprint density at radius 1 is 1.30 bits per heavy atom. The molecule has 1 aromatic carbocycles. The van der Waals surface area contributed by atoms with E-state index >= 15 is 0 Å². The summed E-state index contributed by atoms with van der Waals surface area (Å²) < 4.78 is 17.9. The Morgan fingerprint density at radius 3 is 2.45 bits per heavy atom. The van der Waals surface area contributed by atoms with Gasteiger partial charge in [-0.2, -0.15) is 5.26 Å². The molecule has 0 spiro atoms. The fraction of sp³-hybridized carbons (Fsp3) is 0.0769. The molecular formula is C13H9FO6. The van der Waals surface area contributed by atoms with Crippen molar-refractivity contribution in [1.29, 1.82) is 0 Å². The van der Waals surface area contributed by atoms with Crippen molar-refractivity contribution < 1.29 is 28.9 Å². The van der Waals surface area contributed by atoms with E-state index in [-0.39, 0.29) is 16.9 Å². The minimum Gasteiger partial charge on any atom is -0.502 e. The summed E-state index contributed by atoms with van der Waals surface area (Å²) in [4.78, 5) is 26.6. The Balaban J connectivity index is 2.70. The Hall–Kier alpha value is -2.67. The lowest BCUT2D eigenvalue weighted by Crippen LogP contribution is -2.14. The van der Waals surface area contributed by atoms with Crippen LogP contribution in [-0.2, 0) is 4.89 Å². The molecule has 20 heavy (non-hydrogen) atoms. The van der Waals surface area contributed by atoms with Crippen molar-refractivity contribution in [3.63, 3.8) is 0 Å². The molecule has 0 aliphatic rings. The van der Waals surface area contributed by atoms with Gasteiger partial charge in [-0.05, 0) is 31.2 Å². The maximum absolute atomic E-state index is 12.8. The second-order valence-corrected chi connectivity index (χ2v) is 3.95. The quantitative estimate of drug-likeness (QED) is 0.645. The average Bonchev–Trinajstić information content (AvgIpc) is 2.45. The highest BCUT2D eigenvalue weighted by atomic mass is 19.1. The SMILES string of the molecule is Cc1c(C(=O)OO)oc(-c2ccc(F)cc2)c(O)c1=O. The summed E-state index contributed by atoms with van der Waals surface area (Å²) in [6, 6.07) is 4.71. The summed E-state index contributed by atoms with van der Waals surface area (Å²) in [6.07, 6.45) is 0. The molecule has 104 valence electrons. The van der Waals surface area contributed by atoms with Gasteiger partial charge in [-0.1, -0.05) is 0 Å². The second kappa shape index (κ2) is 5.14. The minimum atomic E-state index is -1.28. The first-order chi connectivity index (χ1) is 9.45. The highest BCUT2D eigenvalue weighted by Gasteiger charge is 2.23. The van der Waals surface area contributed by atoms with Crippen LogP contribution in [0.4, 0.5) is 4.39 Å². The van der Waals surface area contributed by atoms with Crippen molar-refractivity contribution in [2.45, 2.75) is 6.92 Å². The zero-order chi connectivity index (χ0) is 14.9. The van der Waals surface area contributed by atoms with Gasteiger partial charge in [-0.3, -0.25) is 9.68 Å². The number of aromatic hydroxyl groups is 1. The van der Waals surface area contributed by atoms with Gasteiger partial charge in [0.2, 0.25) is 16.9 Å². The predicted octanol–water partition coefficient (Wildman–Crippen LogP) is 2.09. The summed E-state index contributed by atoms with van der Waals surface area (Å²) in [5.41, 5.74) is -0.878. The monoisotopic (exact) mass is 280 g/mol. The standard InChI is InChI=1S/C13H9FO6/c1-6-9(15)10(16)12(19-11(6)13(17)20-18)7-2-4-8(14)5-3-7/h2-5,16,18H,1H3. The van der Waals surface area contributed by atoms with E-state index in [1.807, 2.05) is 0 Å². The van der Waals surface area contributed by atoms with Crippen LogP contribution in [0.15, 0.2) is 33.5 Å². The molecule has 0 aliphatic heterocycles. The summed E-state index contributed by atoms with van der Waals surface area (Å²) in [7, 11) is 0. The van der Waals surface area contributed by atoms with E-state index in [0.717, 1.165) is 12.1 Å². The highest BCUT2D eigenvalue weighted by molar-refractivity contribution is 5.88. The fourth-order valence-electron chi connectivity index (χ4n) is 1.64. The highest BCUT2D eigenvalue weighted by Crippen LogP contribution is 2.28. The van der Waals surface area contributed by atoms with Crippen molar-refractivity contribution >= 4 is 5.97 Å². The van der Waals surface area contributed by atoms with Gasteiger partial charge >= 0.3 is 5.97 Å². The Bertz CT molecular complexity index is 717. The van der Waals surface area contributed by atoms with E-state index in [4.69, 9.17) is 9.67 Å². The summed E-state index contributed by atoms with van der Waals surface area (Å²) >= 11 is 0. The molecule has 1 heterocycles. The molecule has 6 nitrogen and oxygen atoms in total. The van der Waals surface area contributed by atoms with E-state index < -0.39 is 28.7 Å². The van der Waals surface area contributed by atoms with Gasteiger partial charge in [0.15, 0.2) is 5.76 Å². The number of hydrogen-bond acceptors (Lipinski definition) is 6. The third-order valence-corrected chi connectivity index (χ3v) is 2.69. The molecular weight excluding hydrogens is 271 g/mol. The van der Waals surface area contributed by atoms with Crippen LogP contribution in [0.3, 0.4) is 0 Å². The molecule has 0 aliphatic carbocycles. The lowest BCUT2D eigenvalue weighted by atomic mass is 10.1.